The smallest absolute Gasteiger partial charge is 0.321 e. The SMILES string of the molecule is O=C(Nc1cc(C(F)(F)F)ccc1Cl)c1ccnc(Cl)c1. The second kappa shape index (κ2) is 5.91. The maximum Gasteiger partial charge on any atom is 0.416 e. The number of hydrogen-bond acceptors (Lipinski definition) is 2. The van der Waals surface area contributed by atoms with Crippen molar-refractivity contribution < 1.29 is 18.0 Å². The second-order valence-electron chi connectivity index (χ2n) is 4.01. The van der Waals surface area contributed by atoms with E-state index < -0.39 is 17.6 Å². The molecular formula is C13H7Cl2F3N2O. The van der Waals surface area contributed by atoms with Crippen molar-refractivity contribution in [3.8, 4) is 0 Å². The lowest BCUT2D eigenvalue weighted by Gasteiger charge is -2.11. The van der Waals surface area contributed by atoms with Gasteiger partial charge in [-0.25, -0.2) is 4.98 Å². The lowest BCUT2D eigenvalue weighted by molar-refractivity contribution is -0.137. The van der Waals surface area contributed by atoms with Gasteiger partial charge < -0.3 is 5.32 Å². The normalized spacial score (nSPS) is 11.3. The van der Waals surface area contributed by atoms with E-state index in [0.717, 1.165) is 18.2 Å². The van der Waals surface area contributed by atoms with Gasteiger partial charge in [-0.15, -0.1) is 0 Å². The highest BCUT2D eigenvalue weighted by atomic mass is 35.5. The number of nitrogens with zero attached hydrogens (tertiary/aromatic N) is 1. The molecule has 1 aromatic carbocycles. The average molecular weight is 335 g/mol. The maximum absolute atomic E-state index is 12.6. The van der Waals surface area contributed by atoms with E-state index >= 15 is 0 Å². The van der Waals surface area contributed by atoms with E-state index in [-0.39, 0.29) is 21.4 Å². The molecule has 110 valence electrons. The van der Waals surface area contributed by atoms with Crippen molar-refractivity contribution in [2.24, 2.45) is 0 Å². The number of carbonyl (C=O) groups is 1. The van der Waals surface area contributed by atoms with Crippen molar-refractivity contribution in [1.29, 1.82) is 0 Å². The van der Waals surface area contributed by atoms with E-state index in [2.05, 4.69) is 10.3 Å². The minimum Gasteiger partial charge on any atom is -0.321 e. The maximum atomic E-state index is 12.6. The largest absolute Gasteiger partial charge is 0.416 e. The first kappa shape index (κ1) is 15.6. The average Bonchev–Trinajstić information content (AvgIpc) is 2.40. The van der Waals surface area contributed by atoms with Crippen LogP contribution in [0.4, 0.5) is 18.9 Å². The van der Waals surface area contributed by atoms with Gasteiger partial charge in [-0.1, -0.05) is 23.2 Å². The molecule has 8 heteroatoms. The summed E-state index contributed by atoms with van der Waals surface area (Å²) in [6, 6.07) is 5.34. The van der Waals surface area contributed by atoms with Gasteiger partial charge in [0.05, 0.1) is 16.3 Å². The number of aromatic nitrogens is 1. The Balaban J connectivity index is 2.29. The molecule has 0 saturated carbocycles. The van der Waals surface area contributed by atoms with E-state index in [1.165, 1.54) is 18.3 Å². The molecule has 1 aromatic heterocycles. The first-order chi connectivity index (χ1) is 9.77. The van der Waals surface area contributed by atoms with E-state index in [0.29, 0.717) is 0 Å². The monoisotopic (exact) mass is 334 g/mol. The fourth-order valence-corrected chi connectivity index (χ4v) is 1.87. The van der Waals surface area contributed by atoms with Gasteiger partial charge in [-0.3, -0.25) is 4.79 Å². The van der Waals surface area contributed by atoms with Crippen LogP contribution >= 0.6 is 23.2 Å². The molecule has 2 aromatic rings. The lowest BCUT2D eigenvalue weighted by atomic mass is 10.2. The minimum atomic E-state index is -4.52. The Morgan fingerprint density at radius 2 is 1.86 bits per heavy atom. The van der Waals surface area contributed by atoms with E-state index in [4.69, 9.17) is 23.2 Å². The summed E-state index contributed by atoms with van der Waals surface area (Å²) in [6.07, 6.45) is -3.21. The number of alkyl halides is 3. The summed E-state index contributed by atoms with van der Waals surface area (Å²) in [7, 11) is 0. The zero-order valence-corrected chi connectivity index (χ0v) is 11.7. The highest BCUT2D eigenvalue weighted by Gasteiger charge is 2.31. The van der Waals surface area contributed by atoms with Crippen LogP contribution in [0.15, 0.2) is 36.5 Å². The molecule has 3 nitrogen and oxygen atoms in total. The van der Waals surface area contributed by atoms with Crippen LogP contribution in [-0.4, -0.2) is 10.9 Å². The van der Waals surface area contributed by atoms with Gasteiger partial charge >= 0.3 is 6.18 Å². The van der Waals surface area contributed by atoms with Gasteiger partial charge in [-0.05, 0) is 30.3 Å². The van der Waals surface area contributed by atoms with Crippen molar-refractivity contribution in [3.63, 3.8) is 0 Å². The van der Waals surface area contributed by atoms with Crippen molar-refractivity contribution in [2.75, 3.05) is 5.32 Å². The van der Waals surface area contributed by atoms with Crippen molar-refractivity contribution in [1.82, 2.24) is 4.98 Å². The van der Waals surface area contributed by atoms with Gasteiger partial charge in [0.25, 0.3) is 5.91 Å². The topological polar surface area (TPSA) is 42.0 Å². The molecule has 0 atom stereocenters. The van der Waals surface area contributed by atoms with Crippen LogP contribution in [0.5, 0.6) is 0 Å². The third-order valence-corrected chi connectivity index (χ3v) is 3.07. The summed E-state index contributed by atoms with van der Waals surface area (Å²) in [6.45, 7) is 0. The zero-order chi connectivity index (χ0) is 15.6. The van der Waals surface area contributed by atoms with Gasteiger partial charge in [-0.2, -0.15) is 13.2 Å². The molecule has 2 rings (SSSR count). The Hall–Kier alpha value is -1.79. The number of halogens is 5. The summed E-state index contributed by atoms with van der Waals surface area (Å²) in [5.41, 5.74) is -0.886. The van der Waals surface area contributed by atoms with E-state index in [1.807, 2.05) is 0 Å². The third-order valence-electron chi connectivity index (χ3n) is 2.53. The number of hydrogen-bond donors (Lipinski definition) is 1. The number of rotatable bonds is 2. The fraction of sp³-hybridized carbons (Fsp3) is 0.0769. The van der Waals surface area contributed by atoms with E-state index in [9.17, 15) is 18.0 Å². The summed E-state index contributed by atoms with van der Waals surface area (Å²) in [5.74, 6) is -0.638. The standard InChI is InChI=1S/C13H7Cl2F3N2O/c14-9-2-1-8(13(16,17)18)6-10(9)20-12(21)7-3-4-19-11(15)5-7/h1-6H,(H,20,21). The van der Waals surface area contributed by atoms with Gasteiger partial charge in [0.15, 0.2) is 0 Å². The van der Waals surface area contributed by atoms with Gasteiger partial charge in [0.2, 0.25) is 0 Å². The van der Waals surface area contributed by atoms with Crippen LogP contribution in [0.25, 0.3) is 0 Å². The van der Waals surface area contributed by atoms with Crippen LogP contribution in [0.3, 0.4) is 0 Å². The number of nitrogens with one attached hydrogen (secondary N) is 1. The first-order valence-corrected chi connectivity index (χ1v) is 6.32. The quantitative estimate of drug-likeness (QED) is 0.811. The van der Waals surface area contributed by atoms with E-state index in [1.54, 1.807) is 0 Å². The molecule has 1 amide bonds. The Bertz CT molecular complexity index is 689. The Kier molecular flexibility index (Phi) is 4.39. The molecule has 0 spiro atoms. The minimum absolute atomic E-state index is 0.00324. The summed E-state index contributed by atoms with van der Waals surface area (Å²) < 4.78 is 37.9. The molecule has 21 heavy (non-hydrogen) atoms. The third kappa shape index (κ3) is 3.86. The molecule has 0 aliphatic heterocycles. The first-order valence-electron chi connectivity index (χ1n) is 5.57. The summed E-state index contributed by atoms with van der Waals surface area (Å²) in [4.78, 5) is 15.6. The molecule has 0 unspecified atom stereocenters. The predicted molar refractivity (Wildman–Crippen MR) is 73.7 cm³/mol. The Labute approximate surface area is 127 Å². The molecule has 0 aliphatic rings. The van der Waals surface area contributed by atoms with Crippen LogP contribution in [0.1, 0.15) is 15.9 Å². The number of carbonyl (C=O) groups excluding carboxylic acids is 1. The lowest BCUT2D eigenvalue weighted by Crippen LogP contribution is -2.13. The number of benzene rings is 1. The highest BCUT2D eigenvalue weighted by molar-refractivity contribution is 6.34. The molecule has 0 aliphatic carbocycles. The molecule has 0 fully saturated rings. The molecular weight excluding hydrogens is 328 g/mol. The number of amides is 1. The predicted octanol–water partition coefficient (Wildman–Crippen LogP) is 4.66. The molecule has 0 bridgehead atoms. The van der Waals surface area contributed by atoms with Gasteiger partial charge in [0, 0.05) is 11.8 Å². The fourth-order valence-electron chi connectivity index (χ4n) is 1.54. The molecule has 1 N–H and O–H groups in total. The highest BCUT2D eigenvalue weighted by Crippen LogP contribution is 2.33. The van der Waals surface area contributed by atoms with Crippen LogP contribution in [-0.2, 0) is 6.18 Å². The van der Waals surface area contributed by atoms with Crippen molar-refractivity contribution in [3.05, 3.63) is 57.8 Å². The molecule has 0 saturated heterocycles. The number of anilines is 1. The Morgan fingerprint density at radius 1 is 1.14 bits per heavy atom. The zero-order valence-electron chi connectivity index (χ0n) is 10.2. The summed E-state index contributed by atoms with van der Waals surface area (Å²) >= 11 is 11.4. The molecule has 1 heterocycles. The molecule has 0 radical (unpaired) electrons. The van der Waals surface area contributed by atoms with Gasteiger partial charge in [0.1, 0.15) is 5.15 Å². The van der Waals surface area contributed by atoms with Crippen LogP contribution < -0.4 is 5.32 Å². The second-order valence-corrected chi connectivity index (χ2v) is 4.81. The number of pyridine rings is 1. The Morgan fingerprint density at radius 3 is 2.48 bits per heavy atom. The summed E-state index contributed by atoms with van der Waals surface area (Å²) in [5, 5.41) is 2.40. The van der Waals surface area contributed by atoms with Crippen LogP contribution in [0, 0.1) is 0 Å². The van der Waals surface area contributed by atoms with Crippen LogP contribution in [0.2, 0.25) is 10.2 Å². The van der Waals surface area contributed by atoms with Crippen molar-refractivity contribution in [2.45, 2.75) is 6.18 Å². The van der Waals surface area contributed by atoms with Crippen molar-refractivity contribution >= 4 is 34.8 Å².